The van der Waals surface area contributed by atoms with E-state index < -0.39 is 29.9 Å². The lowest BCUT2D eigenvalue weighted by atomic mass is 9.85. The topological polar surface area (TPSA) is 75.4 Å². The largest absolute Gasteiger partial charge is 0.471 e. The number of hydrogen-bond donors (Lipinski definition) is 2. The van der Waals surface area contributed by atoms with Crippen molar-refractivity contribution in [3.05, 3.63) is 35.6 Å². The fourth-order valence-corrected chi connectivity index (χ4v) is 3.09. The van der Waals surface area contributed by atoms with Crippen molar-refractivity contribution in [1.29, 1.82) is 0 Å². The van der Waals surface area contributed by atoms with Crippen molar-refractivity contribution in [3.63, 3.8) is 0 Å². The van der Waals surface area contributed by atoms with E-state index in [-0.39, 0.29) is 24.9 Å². The van der Waals surface area contributed by atoms with E-state index in [1.54, 1.807) is 6.92 Å². The number of nitrogens with two attached hydrogens (primary N) is 1. The molecule has 26 heavy (non-hydrogen) atoms. The maximum absolute atomic E-state index is 13.1. The van der Waals surface area contributed by atoms with Gasteiger partial charge in [-0.25, -0.2) is 4.39 Å². The zero-order valence-corrected chi connectivity index (χ0v) is 14.2. The minimum atomic E-state index is -5.02. The van der Waals surface area contributed by atoms with Gasteiger partial charge >= 0.3 is 12.1 Å². The summed E-state index contributed by atoms with van der Waals surface area (Å²) in [5.41, 5.74) is 6.21. The molecule has 1 aliphatic rings. The number of nitrogens with zero attached hydrogens (tertiary/aromatic N) is 1. The first-order valence-electron chi connectivity index (χ1n) is 8.24. The van der Waals surface area contributed by atoms with Gasteiger partial charge < -0.3 is 16.0 Å². The minimum Gasteiger partial charge on any atom is -0.343 e. The molecule has 2 rings (SSSR count). The molecular weight excluding hydrogens is 354 g/mol. The Kier molecular flexibility index (Phi) is 6.22. The van der Waals surface area contributed by atoms with Gasteiger partial charge in [0.2, 0.25) is 5.91 Å². The van der Waals surface area contributed by atoms with Crippen LogP contribution in [-0.2, 0) is 9.59 Å². The van der Waals surface area contributed by atoms with Crippen molar-refractivity contribution >= 4 is 11.8 Å². The predicted octanol–water partition coefficient (Wildman–Crippen LogP) is 1.93. The molecule has 0 radical (unpaired) electrons. The molecule has 144 valence electrons. The summed E-state index contributed by atoms with van der Waals surface area (Å²) in [5.74, 6) is -3.25. The monoisotopic (exact) mass is 375 g/mol. The Bertz CT molecular complexity index is 646. The lowest BCUT2D eigenvalue weighted by Crippen LogP contribution is -2.55. The molecule has 3 N–H and O–H groups in total. The number of hydrogen-bond acceptors (Lipinski definition) is 3. The fourth-order valence-electron chi connectivity index (χ4n) is 3.09. The van der Waals surface area contributed by atoms with Gasteiger partial charge in [-0.05, 0) is 31.0 Å². The Morgan fingerprint density at radius 3 is 2.46 bits per heavy atom. The summed E-state index contributed by atoms with van der Waals surface area (Å²) in [7, 11) is 0. The third-order valence-electron chi connectivity index (χ3n) is 4.33. The van der Waals surface area contributed by atoms with Crippen molar-refractivity contribution in [1.82, 2.24) is 10.2 Å². The number of likely N-dealkylation sites (tertiary alicyclic amines) is 1. The van der Waals surface area contributed by atoms with Crippen LogP contribution < -0.4 is 11.1 Å². The predicted molar refractivity (Wildman–Crippen MR) is 86.6 cm³/mol. The van der Waals surface area contributed by atoms with E-state index in [1.165, 1.54) is 29.2 Å². The molecule has 0 saturated carbocycles. The number of alkyl halides is 3. The van der Waals surface area contributed by atoms with Crippen LogP contribution in [0.15, 0.2) is 24.3 Å². The Labute approximate surface area is 148 Å². The number of nitrogens with one attached hydrogen (secondary N) is 1. The Hall–Kier alpha value is -2.16. The quantitative estimate of drug-likeness (QED) is 0.790. The van der Waals surface area contributed by atoms with E-state index in [1.807, 2.05) is 5.32 Å². The highest BCUT2D eigenvalue weighted by atomic mass is 19.4. The van der Waals surface area contributed by atoms with Crippen LogP contribution in [0.5, 0.6) is 0 Å². The molecule has 1 heterocycles. The molecule has 9 heteroatoms. The van der Waals surface area contributed by atoms with Gasteiger partial charge in [0.25, 0.3) is 0 Å². The fraction of sp³-hybridized carbons (Fsp3) is 0.529. The van der Waals surface area contributed by atoms with E-state index in [9.17, 15) is 27.2 Å². The summed E-state index contributed by atoms with van der Waals surface area (Å²) in [4.78, 5) is 25.0. The van der Waals surface area contributed by atoms with Crippen molar-refractivity contribution in [2.24, 2.45) is 5.73 Å². The summed E-state index contributed by atoms with van der Waals surface area (Å²) < 4.78 is 51.1. The lowest BCUT2D eigenvalue weighted by molar-refractivity contribution is -0.175. The molecule has 1 fully saturated rings. The van der Waals surface area contributed by atoms with Gasteiger partial charge in [-0.1, -0.05) is 12.1 Å². The van der Waals surface area contributed by atoms with Crippen LogP contribution in [0, 0.1) is 5.82 Å². The van der Waals surface area contributed by atoms with Crippen molar-refractivity contribution in [2.45, 2.75) is 43.9 Å². The first-order chi connectivity index (χ1) is 12.1. The van der Waals surface area contributed by atoms with Crippen LogP contribution in [0.4, 0.5) is 17.6 Å². The molecule has 0 bridgehead atoms. The minimum absolute atomic E-state index is 0.0601. The third kappa shape index (κ3) is 5.17. The summed E-state index contributed by atoms with van der Waals surface area (Å²) in [6.07, 6.45) is -4.61. The first-order valence-corrected chi connectivity index (χ1v) is 8.24. The average Bonchev–Trinajstić information content (AvgIpc) is 2.54. The van der Waals surface area contributed by atoms with E-state index in [0.29, 0.717) is 18.5 Å². The van der Waals surface area contributed by atoms with Crippen molar-refractivity contribution in [3.8, 4) is 0 Å². The highest BCUT2D eigenvalue weighted by Crippen LogP contribution is 2.30. The molecule has 0 aromatic heterocycles. The molecule has 1 aromatic carbocycles. The second-order valence-electron chi connectivity index (χ2n) is 6.55. The van der Waals surface area contributed by atoms with Crippen LogP contribution in [-0.4, -0.2) is 48.1 Å². The van der Waals surface area contributed by atoms with E-state index in [2.05, 4.69) is 0 Å². The maximum Gasteiger partial charge on any atom is 0.471 e. The molecule has 3 unspecified atom stereocenters. The number of benzene rings is 1. The number of rotatable bonds is 4. The molecule has 1 aromatic rings. The average molecular weight is 375 g/mol. The Morgan fingerprint density at radius 2 is 1.92 bits per heavy atom. The van der Waals surface area contributed by atoms with Gasteiger partial charge in [-0.3, -0.25) is 9.59 Å². The summed E-state index contributed by atoms with van der Waals surface area (Å²) in [5, 5.41) is 1.98. The van der Waals surface area contributed by atoms with Crippen LogP contribution in [0.3, 0.4) is 0 Å². The Balaban J connectivity index is 2.20. The van der Waals surface area contributed by atoms with Gasteiger partial charge in [0, 0.05) is 31.5 Å². The highest BCUT2D eigenvalue weighted by Gasteiger charge is 2.42. The number of piperidine rings is 1. The van der Waals surface area contributed by atoms with Gasteiger partial charge in [-0.15, -0.1) is 0 Å². The first kappa shape index (κ1) is 20.2. The molecule has 0 spiro atoms. The molecular formula is C17H21F4N3O2. The normalized spacial score (nSPS) is 22.0. The van der Waals surface area contributed by atoms with E-state index in [0.717, 1.165) is 0 Å². The number of carbonyl (C=O) groups excluding carboxylic acids is 2. The summed E-state index contributed by atoms with van der Waals surface area (Å²) in [6.45, 7) is 1.92. The zero-order valence-electron chi connectivity index (χ0n) is 14.2. The van der Waals surface area contributed by atoms with Crippen LogP contribution in [0.25, 0.3) is 0 Å². The van der Waals surface area contributed by atoms with Gasteiger partial charge in [0.05, 0.1) is 6.04 Å². The van der Waals surface area contributed by atoms with Crippen LogP contribution in [0.2, 0.25) is 0 Å². The van der Waals surface area contributed by atoms with Crippen molar-refractivity contribution in [2.75, 3.05) is 13.1 Å². The molecule has 1 aliphatic heterocycles. The standard InChI is InChI=1S/C17H21F4N3O2/c1-10(22)8-15(25)24-7-6-13(11-2-4-12(18)5-3-11)14(9-24)23-16(26)17(19,20)21/h2-5,10,13-14H,6-9,22H2,1H3,(H,23,26). The number of carbonyl (C=O) groups is 2. The smallest absolute Gasteiger partial charge is 0.343 e. The molecule has 1 saturated heterocycles. The third-order valence-corrected chi connectivity index (χ3v) is 4.33. The highest BCUT2D eigenvalue weighted by molar-refractivity contribution is 5.82. The lowest BCUT2D eigenvalue weighted by Gasteiger charge is -2.39. The molecule has 3 atom stereocenters. The molecule has 2 amide bonds. The number of halogens is 4. The van der Waals surface area contributed by atoms with Gasteiger partial charge in [-0.2, -0.15) is 13.2 Å². The molecule has 0 aliphatic carbocycles. The van der Waals surface area contributed by atoms with Gasteiger partial charge in [0.15, 0.2) is 0 Å². The Morgan fingerprint density at radius 1 is 1.31 bits per heavy atom. The summed E-state index contributed by atoms with van der Waals surface area (Å²) in [6, 6.07) is 4.08. The van der Waals surface area contributed by atoms with Gasteiger partial charge in [0.1, 0.15) is 5.82 Å². The van der Waals surface area contributed by atoms with Crippen LogP contribution >= 0.6 is 0 Å². The van der Waals surface area contributed by atoms with Crippen LogP contribution in [0.1, 0.15) is 31.2 Å². The van der Waals surface area contributed by atoms with Crippen molar-refractivity contribution < 1.29 is 27.2 Å². The van der Waals surface area contributed by atoms with E-state index in [4.69, 9.17) is 5.73 Å². The molecule has 5 nitrogen and oxygen atoms in total. The second-order valence-corrected chi connectivity index (χ2v) is 6.55. The zero-order chi connectivity index (χ0) is 19.5. The SMILES string of the molecule is CC(N)CC(=O)N1CCC(c2ccc(F)cc2)C(NC(=O)C(F)(F)F)C1. The number of amides is 2. The maximum atomic E-state index is 13.1. The second kappa shape index (κ2) is 8.03. The summed E-state index contributed by atoms with van der Waals surface area (Å²) >= 11 is 0. The van der Waals surface area contributed by atoms with E-state index >= 15 is 0 Å².